The Kier molecular flexibility index (Phi) is 6.47. The van der Waals surface area contributed by atoms with Gasteiger partial charge in [-0.05, 0) is 55.4 Å². The summed E-state index contributed by atoms with van der Waals surface area (Å²) in [6.07, 6.45) is 1.87. The third kappa shape index (κ3) is 4.75. The summed E-state index contributed by atoms with van der Waals surface area (Å²) in [5, 5.41) is 0.801. The first-order valence-electron chi connectivity index (χ1n) is 11.6. The summed E-state index contributed by atoms with van der Waals surface area (Å²) in [7, 11) is 0. The Hall–Kier alpha value is -3.77. The highest BCUT2D eigenvalue weighted by atomic mass is 32.2. The quantitative estimate of drug-likeness (QED) is 0.285. The molecule has 0 spiro atoms. The number of nitrogens with zero attached hydrogens (tertiary/aromatic N) is 2. The van der Waals surface area contributed by atoms with Crippen LogP contribution >= 0.6 is 11.8 Å². The number of para-hydroxylation sites is 1. The van der Waals surface area contributed by atoms with Gasteiger partial charge in [-0.15, -0.1) is 0 Å². The zero-order chi connectivity index (χ0) is 24.4. The molecule has 2 amide bonds. The van der Waals surface area contributed by atoms with Gasteiger partial charge < -0.3 is 9.30 Å². The number of aromatic nitrogens is 1. The number of hydrogen-bond donors (Lipinski definition) is 0. The first kappa shape index (κ1) is 23.0. The van der Waals surface area contributed by atoms with Crippen molar-refractivity contribution in [3.05, 3.63) is 106 Å². The number of thioether (sulfide) groups is 1. The minimum atomic E-state index is -0.271. The van der Waals surface area contributed by atoms with Gasteiger partial charge in [0.15, 0.2) is 0 Å². The van der Waals surface area contributed by atoms with E-state index in [1.807, 2.05) is 67.6 Å². The van der Waals surface area contributed by atoms with Gasteiger partial charge in [-0.25, -0.2) is 0 Å². The molecule has 176 valence electrons. The molecule has 0 N–H and O–H groups in total. The molecule has 0 unspecified atom stereocenters. The first-order valence-corrected chi connectivity index (χ1v) is 12.4. The summed E-state index contributed by atoms with van der Waals surface area (Å²) in [4.78, 5) is 27.4. The van der Waals surface area contributed by atoms with Crippen LogP contribution in [0.1, 0.15) is 22.4 Å². The van der Waals surface area contributed by atoms with E-state index in [0.29, 0.717) is 4.91 Å². The maximum Gasteiger partial charge on any atom is 0.293 e. The highest BCUT2D eigenvalue weighted by Crippen LogP contribution is 2.35. The molecule has 5 nitrogen and oxygen atoms in total. The third-order valence-electron chi connectivity index (χ3n) is 6.22. The summed E-state index contributed by atoms with van der Waals surface area (Å²) in [6, 6.07) is 26.2. The summed E-state index contributed by atoms with van der Waals surface area (Å²) >= 11 is 0.989. The molecule has 5 rings (SSSR count). The van der Waals surface area contributed by atoms with Crippen LogP contribution in [0.25, 0.3) is 17.0 Å². The molecule has 2 heterocycles. The standard InChI is InChI=1S/C29H26N2O3S/c1-20-12-14-23(15-13-20)34-17-16-30-28(32)27(35-29(30)33)18-25-21(2)31(19-22-8-4-3-5-9-22)26-11-7-6-10-24(25)26/h3-15,18H,16-17,19H2,1-2H3/b27-18-. The summed E-state index contributed by atoms with van der Waals surface area (Å²) < 4.78 is 7.99. The maximum absolute atomic E-state index is 13.1. The number of benzene rings is 3. The van der Waals surface area contributed by atoms with Gasteiger partial charge in [0.25, 0.3) is 11.1 Å². The van der Waals surface area contributed by atoms with E-state index in [-0.39, 0.29) is 24.3 Å². The van der Waals surface area contributed by atoms with Crippen LogP contribution in [0.3, 0.4) is 0 Å². The fourth-order valence-corrected chi connectivity index (χ4v) is 5.17. The number of ether oxygens (including phenoxy) is 1. The average Bonchev–Trinajstić information content (AvgIpc) is 3.29. The van der Waals surface area contributed by atoms with Gasteiger partial charge in [0, 0.05) is 28.7 Å². The molecule has 1 fully saturated rings. The highest BCUT2D eigenvalue weighted by molar-refractivity contribution is 8.18. The van der Waals surface area contributed by atoms with Crippen molar-refractivity contribution in [3.8, 4) is 5.75 Å². The van der Waals surface area contributed by atoms with Crippen LogP contribution in [0.5, 0.6) is 5.75 Å². The van der Waals surface area contributed by atoms with E-state index < -0.39 is 0 Å². The van der Waals surface area contributed by atoms with Crippen molar-refractivity contribution < 1.29 is 14.3 Å². The topological polar surface area (TPSA) is 51.5 Å². The lowest BCUT2D eigenvalue weighted by Gasteiger charge is -2.13. The molecule has 0 atom stereocenters. The first-order chi connectivity index (χ1) is 17.0. The number of hydrogen-bond acceptors (Lipinski definition) is 4. The summed E-state index contributed by atoms with van der Waals surface area (Å²) in [5.74, 6) is 0.451. The van der Waals surface area contributed by atoms with Gasteiger partial charge in [-0.3, -0.25) is 14.5 Å². The zero-order valence-electron chi connectivity index (χ0n) is 19.7. The molecule has 1 saturated heterocycles. The van der Waals surface area contributed by atoms with Crippen LogP contribution in [-0.2, 0) is 11.3 Å². The normalized spacial score (nSPS) is 14.9. The van der Waals surface area contributed by atoms with Crippen molar-refractivity contribution >= 4 is 39.9 Å². The molecule has 0 radical (unpaired) electrons. The van der Waals surface area contributed by atoms with Gasteiger partial charge in [0.05, 0.1) is 11.4 Å². The largest absolute Gasteiger partial charge is 0.492 e. The maximum atomic E-state index is 13.1. The molecule has 0 saturated carbocycles. The molecule has 4 aromatic rings. The van der Waals surface area contributed by atoms with E-state index in [9.17, 15) is 9.59 Å². The molecular weight excluding hydrogens is 456 g/mol. The second kappa shape index (κ2) is 9.84. The van der Waals surface area contributed by atoms with Crippen molar-refractivity contribution in [3.63, 3.8) is 0 Å². The van der Waals surface area contributed by atoms with Crippen molar-refractivity contribution in [1.29, 1.82) is 0 Å². The fraction of sp³-hybridized carbons (Fsp3) is 0.172. The second-order valence-corrected chi connectivity index (χ2v) is 9.58. The van der Waals surface area contributed by atoms with Crippen molar-refractivity contribution in [2.24, 2.45) is 0 Å². The molecule has 1 aliphatic rings. The number of imide groups is 1. The minimum Gasteiger partial charge on any atom is -0.492 e. The smallest absolute Gasteiger partial charge is 0.293 e. The summed E-state index contributed by atoms with van der Waals surface area (Å²) in [6.45, 7) is 5.28. The van der Waals surface area contributed by atoms with E-state index in [0.717, 1.165) is 51.8 Å². The van der Waals surface area contributed by atoms with Crippen molar-refractivity contribution in [2.45, 2.75) is 20.4 Å². The summed E-state index contributed by atoms with van der Waals surface area (Å²) in [5.41, 5.74) is 5.49. The Morgan fingerprint density at radius 3 is 2.37 bits per heavy atom. The van der Waals surface area contributed by atoms with Crippen molar-refractivity contribution in [1.82, 2.24) is 9.47 Å². The monoisotopic (exact) mass is 482 g/mol. The van der Waals surface area contributed by atoms with Gasteiger partial charge in [0.2, 0.25) is 0 Å². The Balaban J connectivity index is 1.38. The number of carbonyl (C=O) groups excluding carboxylic acids is 2. The SMILES string of the molecule is Cc1ccc(OCCN2C(=O)S/C(=C\c3c(C)n(Cc4ccccc4)c4ccccc34)C2=O)cc1. The molecule has 1 aromatic heterocycles. The van der Waals surface area contributed by atoms with Gasteiger partial charge >= 0.3 is 0 Å². The van der Waals surface area contributed by atoms with Crippen molar-refractivity contribution in [2.75, 3.05) is 13.2 Å². The lowest BCUT2D eigenvalue weighted by atomic mass is 10.1. The molecular formula is C29H26N2O3S. The van der Waals surface area contributed by atoms with Crippen LogP contribution in [0, 0.1) is 13.8 Å². The average molecular weight is 483 g/mol. The number of fused-ring (bicyclic) bond motifs is 1. The lowest BCUT2D eigenvalue weighted by molar-refractivity contribution is -0.123. The number of rotatable bonds is 7. The molecule has 35 heavy (non-hydrogen) atoms. The van der Waals surface area contributed by atoms with Gasteiger partial charge in [0.1, 0.15) is 12.4 Å². The molecule has 0 bridgehead atoms. The Bertz CT molecular complexity index is 1420. The Labute approximate surface area is 209 Å². The van der Waals surface area contributed by atoms with Gasteiger partial charge in [-0.1, -0.05) is 66.2 Å². The fourth-order valence-electron chi connectivity index (χ4n) is 4.32. The Morgan fingerprint density at radius 2 is 1.60 bits per heavy atom. The minimum absolute atomic E-state index is 0.213. The van der Waals surface area contributed by atoms with E-state index >= 15 is 0 Å². The molecule has 0 aliphatic carbocycles. The lowest BCUT2D eigenvalue weighted by Crippen LogP contribution is -2.32. The molecule has 3 aromatic carbocycles. The van der Waals surface area contributed by atoms with E-state index in [2.05, 4.69) is 35.8 Å². The van der Waals surface area contributed by atoms with Crippen LogP contribution in [0.15, 0.2) is 83.8 Å². The third-order valence-corrected chi connectivity index (χ3v) is 7.12. The van der Waals surface area contributed by atoms with E-state index in [1.54, 1.807) is 0 Å². The molecule has 1 aliphatic heterocycles. The van der Waals surface area contributed by atoms with Crippen LogP contribution < -0.4 is 4.74 Å². The van der Waals surface area contributed by atoms with Gasteiger partial charge in [-0.2, -0.15) is 0 Å². The zero-order valence-corrected chi connectivity index (χ0v) is 20.5. The van der Waals surface area contributed by atoms with E-state index in [4.69, 9.17) is 4.74 Å². The highest BCUT2D eigenvalue weighted by Gasteiger charge is 2.35. The van der Waals surface area contributed by atoms with Crippen LogP contribution in [0.2, 0.25) is 0 Å². The molecule has 6 heteroatoms. The number of aryl methyl sites for hydroxylation is 1. The number of amides is 2. The van der Waals surface area contributed by atoms with Crippen LogP contribution in [-0.4, -0.2) is 33.8 Å². The van der Waals surface area contributed by atoms with E-state index in [1.165, 1.54) is 10.5 Å². The number of carbonyl (C=O) groups is 2. The Morgan fingerprint density at radius 1 is 0.886 bits per heavy atom. The predicted octanol–water partition coefficient (Wildman–Crippen LogP) is 6.42. The second-order valence-electron chi connectivity index (χ2n) is 8.58. The van der Waals surface area contributed by atoms with Crippen LogP contribution in [0.4, 0.5) is 4.79 Å². The predicted molar refractivity (Wildman–Crippen MR) is 142 cm³/mol.